The van der Waals surface area contributed by atoms with Gasteiger partial charge in [-0.25, -0.2) is 4.85 Å². The molecule has 0 unspecified atom stereocenters. The molecule has 3 aliphatic heterocycles. The molecule has 6 nitrogen and oxygen atoms in total. The normalized spacial score (nSPS) is 24.1. The zero-order valence-corrected chi connectivity index (χ0v) is 18.6. The van der Waals surface area contributed by atoms with Crippen molar-refractivity contribution in [2.45, 2.75) is 32.1 Å². The predicted octanol–water partition coefficient (Wildman–Crippen LogP) is 2.61. The summed E-state index contributed by atoms with van der Waals surface area (Å²) >= 11 is 0. The van der Waals surface area contributed by atoms with E-state index in [1.54, 1.807) is 4.90 Å². The van der Waals surface area contributed by atoms with E-state index in [9.17, 15) is 14.4 Å². The van der Waals surface area contributed by atoms with Gasteiger partial charge in [-0.3, -0.25) is 9.59 Å². The van der Waals surface area contributed by atoms with Gasteiger partial charge in [0.25, 0.3) is 4.99 Å². The number of hydrogen-bond acceptors (Lipinski definition) is 3. The van der Waals surface area contributed by atoms with Crippen molar-refractivity contribution in [3.63, 3.8) is 0 Å². The topological polar surface area (TPSA) is 62.1 Å². The summed E-state index contributed by atoms with van der Waals surface area (Å²) in [7, 11) is -0.255. The van der Waals surface area contributed by atoms with Crippen molar-refractivity contribution in [2.75, 3.05) is 37.7 Å². The number of hydrogen-bond donors (Lipinski definition) is 0. The molecule has 0 spiro atoms. The van der Waals surface area contributed by atoms with Gasteiger partial charge in [-0.2, -0.15) is 10.5 Å². The number of rotatable bonds is 7. The lowest BCUT2D eigenvalue weighted by Gasteiger charge is -2.21. The Morgan fingerprint density at radius 2 is 1.77 bits per heavy atom. The quantitative estimate of drug-likeness (QED) is 0.485. The van der Waals surface area contributed by atoms with Crippen molar-refractivity contribution in [2.24, 2.45) is 11.8 Å². The van der Waals surface area contributed by atoms with Crippen LogP contribution in [-0.4, -0.2) is 70.1 Å². The van der Waals surface area contributed by atoms with Gasteiger partial charge >= 0.3 is 0 Å². The molecule has 0 radical (unpaired) electrons. The molecular weight excluding hydrogens is 410 g/mol. The molecule has 3 aliphatic rings. The molecule has 164 valence electrons. The van der Waals surface area contributed by atoms with E-state index in [-0.39, 0.29) is 28.1 Å². The molecule has 7 heteroatoms. The monoisotopic (exact) mass is 439 g/mol. The molecule has 3 heterocycles. The van der Waals surface area contributed by atoms with E-state index in [1.807, 2.05) is 35.2 Å². The first-order chi connectivity index (χ1) is 15.1. The molecule has 2 amide bonds. The highest BCUT2D eigenvalue weighted by atomic mass is 32.2. The van der Waals surface area contributed by atoms with Crippen LogP contribution in [0.15, 0.2) is 30.3 Å². The second kappa shape index (κ2) is 9.78. The highest BCUT2D eigenvalue weighted by Gasteiger charge is 2.45. The van der Waals surface area contributed by atoms with Gasteiger partial charge in [0.2, 0.25) is 11.8 Å². The molecule has 2 atom stereocenters. The van der Waals surface area contributed by atoms with Crippen molar-refractivity contribution >= 4 is 33.1 Å². The number of likely N-dealkylation sites (tertiary alicyclic amines) is 2. The van der Waals surface area contributed by atoms with Crippen LogP contribution in [-0.2, 0) is 20.8 Å². The summed E-state index contributed by atoms with van der Waals surface area (Å²) in [6.07, 6.45) is 4.10. The third kappa shape index (κ3) is 4.74. The Bertz CT molecular complexity index is 929. The lowest BCUT2D eigenvalue weighted by Crippen LogP contribution is -2.37. The molecule has 1 aromatic carbocycles. The highest BCUT2D eigenvalue weighted by molar-refractivity contribution is 8.17. The maximum atomic E-state index is 13.5. The summed E-state index contributed by atoms with van der Waals surface area (Å²) in [5.41, 5.74) is 1.03. The van der Waals surface area contributed by atoms with Crippen molar-refractivity contribution in [3.8, 4) is 0 Å². The third-order valence-electron chi connectivity index (χ3n) is 6.60. The zero-order valence-electron chi connectivity index (χ0n) is 17.8. The van der Waals surface area contributed by atoms with Gasteiger partial charge in [0.15, 0.2) is 5.78 Å². The number of benzene rings is 1. The summed E-state index contributed by atoms with van der Waals surface area (Å²) in [4.78, 5) is 46.4. The summed E-state index contributed by atoms with van der Waals surface area (Å²) in [5.74, 6) is 0.947. The molecule has 0 aliphatic carbocycles. The molecule has 31 heavy (non-hydrogen) atoms. The second-order valence-electron chi connectivity index (χ2n) is 8.56. The fraction of sp³-hybridized carbons (Fsp3) is 0.542. The van der Waals surface area contributed by atoms with E-state index in [0.29, 0.717) is 37.5 Å². The molecule has 0 bridgehead atoms. The van der Waals surface area contributed by atoms with Crippen molar-refractivity contribution in [1.29, 1.82) is 0 Å². The highest BCUT2D eigenvalue weighted by Crippen LogP contribution is 2.33. The van der Waals surface area contributed by atoms with Gasteiger partial charge in [0.05, 0.1) is 12.5 Å². The number of carbonyl (C=O) groups excluding carboxylic acids is 3. The second-order valence-corrected chi connectivity index (χ2v) is 10.7. The van der Waals surface area contributed by atoms with Gasteiger partial charge in [0.1, 0.15) is 0 Å². The van der Waals surface area contributed by atoms with Crippen LogP contribution in [0.2, 0.25) is 0 Å². The van der Waals surface area contributed by atoms with Crippen molar-refractivity contribution < 1.29 is 14.4 Å². The number of nitrogens with zero attached hydrogens (tertiary/aromatic N) is 3. The van der Waals surface area contributed by atoms with Crippen molar-refractivity contribution in [3.05, 3.63) is 47.3 Å². The molecule has 3 fully saturated rings. The summed E-state index contributed by atoms with van der Waals surface area (Å²) in [5, 5.41) is 0. The number of amides is 2. The van der Waals surface area contributed by atoms with Crippen LogP contribution >= 0.6 is 10.5 Å². The summed E-state index contributed by atoms with van der Waals surface area (Å²) in [6.45, 7) is 9.73. The lowest BCUT2D eigenvalue weighted by atomic mass is 9.86. The first kappa shape index (κ1) is 21.8. The molecule has 4 rings (SSSR count). The zero-order chi connectivity index (χ0) is 21.8. The average Bonchev–Trinajstić information content (AvgIpc) is 3.51. The fourth-order valence-corrected chi connectivity index (χ4v) is 7.14. The van der Waals surface area contributed by atoms with Crippen LogP contribution in [0.5, 0.6) is 0 Å². The summed E-state index contributed by atoms with van der Waals surface area (Å²) < 4.78 is 0. The van der Waals surface area contributed by atoms with Crippen LogP contribution in [0.1, 0.15) is 31.2 Å². The lowest BCUT2D eigenvalue weighted by molar-refractivity contribution is -0.133. The Hall–Kier alpha value is -2.46. The minimum Gasteiger partial charge on any atom is -0.341 e. The third-order valence-corrected chi connectivity index (χ3v) is 9.00. The van der Waals surface area contributed by atoms with Crippen LogP contribution in [0.25, 0.3) is 4.85 Å². The molecule has 0 aromatic heterocycles. The van der Waals surface area contributed by atoms with Crippen LogP contribution in [0.3, 0.4) is 0 Å². The minimum atomic E-state index is -0.473. The first-order valence-electron chi connectivity index (χ1n) is 11.1. The van der Waals surface area contributed by atoms with Crippen LogP contribution in [0, 0.1) is 18.4 Å². The smallest absolute Gasteiger partial charge is 0.255 e. The van der Waals surface area contributed by atoms with Gasteiger partial charge in [0, 0.05) is 38.5 Å². The van der Waals surface area contributed by atoms with Gasteiger partial charge < -0.3 is 14.6 Å². The Morgan fingerprint density at radius 3 is 2.42 bits per heavy atom. The molecule has 0 N–H and O–H groups in total. The average molecular weight is 440 g/mol. The maximum Gasteiger partial charge on any atom is 0.255 e. The van der Waals surface area contributed by atoms with E-state index in [2.05, 4.69) is 4.85 Å². The van der Waals surface area contributed by atoms with Gasteiger partial charge in [-0.15, -0.1) is 0 Å². The van der Waals surface area contributed by atoms with Crippen LogP contribution < -0.4 is 0 Å². The largest absolute Gasteiger partial charge is 0.341 e. The molecule has 3 saturated heterocycles. The molecule has 1 aromatic rings. The van der Waals surface area contributed by atoms with Gasteiger partial charge in [-0.1, -0.05) is 30.3 Å². The number of Topliss-reactive ketones (excluding diaryl/α,β-unsaturated/α-hetero) is 1. The number of carbonyl (C=O) groups is 3. The predicted molar refractivity (Wildman–Crippen MR) is 123 cm³/mol. The minimum absolute atomic E-state index is 0.0204. The van der Waals surface area contributed by atoms with Crippen LogP contribution in [0.4, 0.5) is 0 Å². The standard InChI is InChI=1S/C24H29N3O3S/c1-25-23(31-14-5-6-15-31)22(29)20-17-27(13-12-26-11-7-10-21(26)28)24(30)19(20)16-18-8-3-2-4-9-18/h2-4,8-9,19-20H,5-7,10-17H2/t19-,20+/m1/s1. The SMILES string of the molecule is [C-]#[N+]C(C(=O)[C@H]1CN(CCN2CCCC2=O)C(=O)[C@@H]1Cc1ccccc1)=S1CCCC1. The fourth-order valence-electron chi connectivity index (χ4n) is 4.88. The summed E-state index contributed by atoms with van der Waals surface area (Å²) in [6, 6.07) is 9.79. The first-order valence-corrected chi connectivity index (χ1v) is 12.7. The Kier molecular flexibility index (Phi) is 6.86. The Balaban J connectivity index is 1.55. The van der Waals surface area contributed by atoms with Gasteiger partial charge in [-0.05, 0) is 42.8 Å². The van der Waals surface area contributed by atoms with E-state index < -0.39 is 11.8 Å². The van der Waals surface area contributed by atoms with Crippen molar-refractivity contribution in [1.82, 2.24) is 9.80 Å². The number of ketones is 1. The Labute approximate surface area is 186 Å². The van der Waals surface area contributed by atoms with E-state index >= 15 is 0 Å². The van der Waals surface area contributed by atoms with E-state index in [1.165, 1.54) is 0 Å². The molecular formula is C24H29N3O3S. The van der Waals surface area contributed by atoms with E-state index in [4.69, 9.17) is 6.57 Å². The van der Waals surface area contributed by atoms with E-state index in [0.717, 1.165) is 42.9 Å². The maximum absolute atomic E-state index is 13.5. The molecule has 0 saturated carbocycles. The Morgan fingerprint density at radius 1 is 1.06 bits per heavy atom.